The maximum Gasteiger partial charge on any atom is 1.00 e. The van der Waals surface area contributed by atoms with Gasteiger partial charge in [-0.25, -0.2) is 4.79 Å². The van der Waals surface area contributed by atoms with E-state index in [0.717, 1.165) is 49.7 Å². The van der Waals surface area contributed by atoms with Crippen molar-refractivity contribution in [3.63, 3.8) is 0 Å². The summed E-state index contributed by atoms with van der Waals surface area (Å²) in [5.41, 5.74) is 3.95. The third kappa shape index (κ3) is 7.40. The zero-order valence-electron chi connectivity index (χ0n) is 23.1. The van der Waals surface area contributed by atoms with Crippen molar-refractivity contribution in [2.45, 2.75) is 70.6 Å². The van der Waals surface area contributed by atoms with Crippen LogP contribution in [-0.2, 0) is 16.0 Å². The number of hydrogen-bond donors (Lipinski definition) is 3. The molecule has 39 heavy (non-hydrogen) atoms. The summed E-state index contributed by atoms with van der Waals surface area (Å²) in [7, 11) is 0. The summed E-state index contributed by atoms with van der Waals surface area (Å²) >= 11 is 6.82. The normalized spacial score (nSPS) is 21.7. The summed E-state index contributed by atoms with van der Waals surface area (Å²) in [5, 5.41) is 23.7. The number of aryl methyl sites for hydroxylation is 1. The predicted molar refractivity (Wildman–Crippen MR) is 154 cm³/mol. The van der Waals surface area contributed by atoms with Crippen LogP contribution in [0.3, 0.4) is 0 Å². The van der Waals surface area contributed by atoms with E-state index in [4.69, 9.17) is 17.0 Å². The molecule has 0 spiro atoms. The number of phenols is 1. The summed E-state index contributed by atoms with van der Waals surface area (Å²) in [6.07, 6.45) is 9.62. The van der Waals surface area contributed by atoms with Crippen molar-refractivity contribution in [1.29, 1.82) is 0 Å². The second-order valence-electron chi connectivity index (χ2n) is 10.2. The molecule has 7 nitrogen and oxygen atoms in total. The molecular formula is C29H35N2O5RbS2. The van der Waals surface area contributed by atoms with E-state index in [9.17, 15) is 19.8 Å². The van der Waals surface area contributed by atoms with Crippen LogP contribution in [-0.4, -0.2) is 44.1 Å². The van der Waals surface area contributed by atoms with Crippen LogP contribution in [0.2, 0.25) is 0 Å². The second-order valence-corrected chi connectivity index (χ2v) is 11.8. The molecule has 1 amide bonds. The molecule has 0 radical (unpaired) electrons. The number of amides is 1. The van der Waals surface area contributed by atoms with Crippen LogP contribution < -0.4 is 68.2 Å². The second kappa shape index (κ2) is 14.2. The van der Waals surface area contributed by atoms with Gasteiger partial charge in [-0.1, -0.05) is 43.6 Å². The SMILES string of the molecule is C=C(C)[C@@H]1CCC(C)=C[C@H]1c1c(O)cc(CCCCC)cc1OC(=S)NCC1=C(C(=O)O)N2C(=O)[CH-]C2S1.[Rb+]. The third-order valence-electron chi connectivity index (χ3n) is 7.31. The Labute approximate surface area is 289 Å². The van der Waals surface area contributed by atoms with Crippen molar-refractivity contribution in [2.24, 2.45) is 5.92 Å². The number of carboxylic acid groups (broad SMARTS) is 1. The van der Waals surface area contributed by atoms with Gasteiger partial charge in [0.1, 0.15) is 17.2 Å². The molecule has 2 heterocycles. The Bertz CT molecular complexity index is 1230. The monoisotopic (exact) mass is 640 g/mol. The minimum absolute atomic E-state index is 0. The first-order chi connectivity index (χ1) is 18.1. The number of phenolic OH excluding ortho intramolecular Hbond substituents is 1. The van der Waals surface area contributed by atoms with E-state index in [0.29, 0.717) is 16.2 Å². The molecule has 204 valence electrons. The zero-order valence-corrected chi connectivity index (χ0v) is 29.6. The number of rotatable bonds is 10. The fourth-order valence-electron chi connectivity index (χ4n) is 5.33. The number of aromatic hydroxyl groups is 1. The largest absolute Gasteiger partial charge is 1.00 e. The fourth-order valence-corrected chi connectivity index (χ4v) is 6.74. The molecule has 1 saturated heterocycles. The topological polar surface area (TPSA) is 99.1 Å². The molecule has 0 aromatic heterocycles. The summed E-state index contributed by atoms with van der Waals surface area (Å²) < 4.78 is 6.17. The molecular weight excluding hydrogens is 606 g/mol. The number of hydrogen-bond acceptors (Lipinski definition) is 6. The standard InChI is InChI=1S/C29H35N2O5S2.Rb/c1-5-6-7-8-18-12-21(32)26(20-11-17(4)9-10-19(20)16(2)3)22(13-18)36-29(37)30-15-23-27(28(34)35)31-24(33)14-25(31)38-23;/h11-14,19-20,25,32H,2,5-10,15H2,1,3-4H3,(H,30,37)(H,34,35);/q-1;+1/t19-,20+,25?;/m0./s1. The van der Waals surface area contributed by atoms with Crippen molar-refractivity contribution < 1.29 is 82.7 Å². The summed E-state index contributed by atoms with van der Waals surface area (Å²) in [6, 6.07) is 3.79. The van der Waals surface area contributed by atoms with Gasteiger partial charge >= 0.3 is 64.2 Å². The minimum Gasteiger partial charge on any atom is -0.507 e. The van der Waals surface area contributed by atoms with Gasteiger partial charge in [0.15, 0.2) is 0 Å². The first-order valence-electron chi connectivity index (χ1n) is 13.1. The van der Waals surface area contributed by atoms with Gasteiger partial charge in [-0.2, -0.15) is 0 Å². The van der Waals surface area contributed by atoms with E-state index in [2.05, 4.69) is 31.8 Å². The van der Waals surface area contributed by atoms with Crippen molar-refractivity contribution >= 4 is 41.0 Å². The molecule has 0 saturated carbocycles. The van der Waals surface area contributed by atoms with E-state index in [1.165, 1.54) is 28.7 Å². The molecule has 4 rings (SSSR count). The summed E-state index contributed by atoms with van der Waals surface area (Å²) in [4.78, 5) is 25.4. The van der Waals surface area contributed by atoms with Crippen LogP contribution in [0, 0.1) is 12.3 Å². The number of thiocarbonyl (C=S) groups is 1. The zero-order chi connectivity index (χ0) is 27.6. The summed E-state index contributed by atoms with van der Waals surface area (Å²) in [5.74, 6) is -0.718. The van der Waals surface area contributed by atoms with Crippen LogP contribution in [0.1, 0.15) is 69.9 Å². The van der Waals surface area contributed by atoms with Crippen LogP contribution in [0.5, 0.6) is 11.5 Å². The third-order valence-corrected chi connectivity index (χ3v) is 8.74. The molecule has 1 aromatic carbocycles. The van der Waals surface area contributed by atoms with Crippen LogP contribution in [0.15, 0.2) is 46.5 Å². The Kier molecular flexibility index (Phi) is 11.8. The molecule has 0 bridgehead atoms. The number of thioether (sulfide) groups is 1. The van der Waals surface area contributed by atoms with Crippen LogP contribution in [0.4, 0.5) is 0 Å². The van der Waals surface area contributed by atoms with E-state index >= 15 is 0 Å². The quantitative estimate of drug-likeness (QED) is 0.118. The van der Waals surface area contributed by atoms with Gasteiger partial charge in [-0.05, 0) is 80.7 Å². The number of ether oxygens (including phenoxy) is 1. The average molecular weight is 641 g/mol. The fraction of sp³-hybridized carbons (Fsp3) is 0.448. The number of unbranched alkanes of at least 4 members (excludes halogenated alkanes) is 2. The number of carbonyl (C=O) groups is 2. The van der Waals surface area contributed by atoms with E-state index < -0.39 is 5.97 Å². The molecule has 1 unspecified atom stereocenters. The Morgan fingerprint density at radius 1 is 1.36 bits per heavy atom. The number of β-lactam (4-membered cyclic amide) rings is 1. The van der Waals surface area contributed by atoms with Crippen molar-refractivity contribution in [3.8, 4) is 11.5 Å². The van der Waals surface area contributed by atoms with Gasteiger partial charge in [0.25, 0.3) is 5.17 Å². The first-order valence-corrected chi connectivity index (χ1v) is 14.3. The predicted octanol–water partition coefficient (Wildman–Crippen LogP) is 2.81. The average Bonchev–Trinajstić information content (AvgIpc) is 3.15. The van der Waals surface area contributed by atoms with Crippen LogP contribution in [0.25, 0.3) is 0 Å². The van der Waals surface area contributed by atoms with Gasteiger partial charge in [0, 0.05) is 16.4 Å². The Balaban J connectivity index is 0.00000420. The minimum atomic E-state index is -1.15. The molecule has 1 aliphatic carbocycles. The smallest absolute Gasteiger partial charge is 0.507 e. The van der Waals surface area contributed by atoms with E-state index in [1.54, 1.807) is 0 Å². The number of allylic oxidation sites excluding steroid dienone is 3. The van der Waals surface area contributed by atoms with Crippen molar-refractivity contribution in [1.82, 2.24) is 10.2 Å². The number of carboxylic acids is 1. The van der Waals surface area contributed by atoms with Gasteiger partial charge < -0.3 is 30.0 Å². The van der Waals surface area contributed by atoms with Gasteiger partial charge in [-0.3, -0.25) is 6.42 Å². The Hall–Kier alpha value is -1.10. The number of benzene rings is 1. The van der Waals surface area contributed by atoms with E-state index in [1.807, 2.05) is 19.1 Å². The summed E-state index contributed by atoms with van der Waals surface area (Å²) in [6.45, 7) is 10.6. The maximum absolute atomic E-state index is 11.8. The van der Waals surface area contributed by atoms with E-state index in [-0.39, 0.29) is 104 Å². The molecule has 3 N–H and O–H groups in total. The number of aliphatic carboxylic acids is 1. The molecule has 2 aliphatic heterocycles. The Morgan fingerprint density at radius 2 is 2.10 bits per heavy atom. The number of carbonyl (C=O) groups excluding carboxylic acids is 1. The van der Waals surface area contributed by atoms with Crippen molar-refractivity contribution in [2.75, 3.05) is 6.54 Å². The molecule has 10 heteroatoms. The van der Waals surface area contributed by atoms with Gasteiger partial charge in [-0.15, -0.1) is 11.8 Å². The number of nitrogens with zero attached hydrogens (tertiary/aromatic N) is 1. The van der Waals surface area contributed by atoms with Crippen LogP contribution >= 0.6 is 24.0 Å². The van der Waals surface area contributed by atoms with Gasteiger partial charge in [0.2, 0.25) is 0 Å². The maximum atomic E-state index is 11.8. The number of fused-ring (bicyclic) bond motifs is 1. The van der Waals surface area contributed by atoms with Gasteiger partial charge in [0.05, 0.1) is 12.5 Å². The first kappa shape index (κ1) is 32.4. The molecule has 3 atom stereocenters. The molecule has 1 fully saturated rings. The molecule has 1 aromatic rings. The van der Waals surface area contributed by atoms with Crippen molar-refractivity contribution in [3.05, 3.63) is 64.1 Å². The molecule has 3 aliphatic rings. The number of nitrogens with one attached hydrogen (secondary N) is 1. The Morgan fingerprint density at radius 3 is 2.74 bits per heavy atom.